The summed E-state index contributed by atoms with van der Waals surface area (Å²) in [7, 11) is 0. The van der Waals surface area contributed by atoms with Gasteiger partial charge in [0.25, 0.3) is 0 Å². The van der Waals surface area contributed by atoms with E-state index < -0.39 is 5.97 Å². The summed E-state index contributed by atoms with van der Waals surface area (Å²) in [6.45, 7) is 2.76. The first kappa shape index (κ1) is 13.5. The van der Waals surface area contributed by atoms with Crippen molar-refractivity contribution in [2.45, 2.75) is 38.3 Å². The van der Waals surface area contributed by atoms with Gasteiger partial charge in [0, 0.05) is 6.04 Å². The molecule has 0 aromatic carbocycles. The number of carbonyl (C=O) groups is 2. The lowest BCUT2D eigenvalue weighted by molar-refractivity contribution is -0.139. The molecule has 0 aliphatic carbocycles. The molecule has 5 nitrogen and oxygen atoms in total. The predicted octanol–water partition coefficient (Wildman–Crippen LogP) is 0.0634. The summed E-state index contributed by atoms with van der Waals surface area (Å²) in [6.07, 6.45) is 6.93. The van der Waals surface area contributed by atoms with E-state index in [0.29, 0.717) is 0 Å². The van der Waals surface area contributed by atoms with E-state index in [0.717, 1.165) is 19.4 Å². The second-order valence-corrected chi connectivity index (χ2v) is 4.23. The lowest BCUT2D eigenvalue weighted by Gasteiger charge is -2.28. The predicted molar refractivity (Wildman–Crippen MR) is 63.3 cm³/mol. The van der Waals surface area contributed by atoms with Crippen LogP contribution in [0.1, 0.15) is 26.2 Å². The van der Waals surface area contributed by atoms with E-state index in [1.165, 1.54) is 0 Å². The fraction of sp³-hybridized carbons (Fsp3) is 0.667. The maximum atomic E-state index is 11.7. The number of hydrogen-bond donors (Lipinski definition) is 2. The van der Waals surface area contributed by atoms with Crippen LogP contribution in [0.3, 0.4) is 0 Å². The average Bonchev–Trinajstić information content (AvgIpc) is 2.71. The number of likely N-dealkylation sites (tertiary alicyclic amines) is 1. The van der Waals surface area contributed by atoms with E-state index in [1.54, 1.807) is 6.92 Å². The maximum Gasteiger partial charge on any atom is 0.304 e. The van der Waals surface area contributed by atoms with Gasteiger partial charge in [-0.05, 0) is 26.3 Å². The Labute approximate surface area is 101 Å². The van der Waals surface area contributed by atoms with E-state index in [4.69, 9.17) is 11.5 Å². The summed E-state index contributed by atoms with van der Waals surface area (Å²) in [5.74, 6) is 1.38. The SMILES string of the molecule is C#CCNC(=O)C(C)N1CCCC1CC(=O)O. The molecule has 0 saturated carbocycles. The molecular weight excluding hydrogens is 220 g/mol. The fourth-order valence-electron chi connectivity index (χ4n) is 2.23. The smallest absolute Gasteiger partial charge is 0.304 e. The van der Waals surface area contributed by atoms with Gasteiger partial charge in [-0.1, -0.05) is 5.92 Å². The quantitative estimate of drug-likeness (QED) is 0.665. The van der Waals surface area contributed by atoms with E-state index in [1.807, 2.05) is 4.90 Å². The molecule has 1 fully saturated rings. The first-order chi connectivity index (χ1) is 8.06. The Balaban J connectivity index is 2.55. The molecule has 0 bridgehead atoms. The van der Waals surface area contributed by atoms with Crippen LogP contribution in [0.5, 0.6) is 0 Å². The van der Waals surface area contributed by atoms with Crippen molar-refractivity contribution < 1.29 is 14.7 Å². The molecule has 2 atom stereocenters. The van der Waals surface area contributed by atoms with Crippen LogP contribution in [-0.2, 0) is 9.59 Å². The Morgan fingerprint density at radius 3 is 2.94 bits per heavy atom. The second kappa shape index (κ2) is 6.26. The molecule has 2 N–H and O–H groups in total. The van der Waals surface area contributed by atoms with Gasteiger partial charge in [0.05, 0.1) is 19.0 Å². The highest BCUT2D eigenvalue weighted by atomic mass is 16.4. The zero-order valence-corrected chi connectivity index (χ0v) is 9.98. The molecule has 0 aromatic rings. The van der Waals surface area contributed by atoms with Crippen molar-refractivity contribution in [3.63, 3.8) is 0 Å². The van der Waals surface area contributed by atoms with Gasteiger partial charge in [-0.25, -0.2) is 0 Å². The molecule has 0 spiro atoms. The zero-order chi connectivity index (χ0) is 12.8. The highest BCUT2D eigenvalue weighted by Crippen LogP contribution is 2.22. The Hall–Kier alpha value is -1.54. The van der Waals surface area contributed by atoms with Gasteiger partial charge in [0.1, 0.15) is 0 Å². The molecule has 2 unspecified atom stereocenters. The van der Waals surface area contributed by atoms with Crippen LogP contribution < -0.4 is 5.32 Å². The monoisotopic (exact) mass is 238 g/mol. The number of terminal acetylenes is 1. The second-order valence-electron chi connectivity index (χ2n) is 4.23. The fourth-order valence-corrected chi connectivity index (χ4v) is 2.23. The number of rotatable bonds is 5. The van der Waals surface area contributed by atoms with Gasteiger partial charge in [0.2, 0.25) is 5.91 Å². The molecular formula is C12H18N2O3. The number of aliphatic carboxylic acids is 1. The van der Waals surface area contributed by atoms with Crippen molar-refractivity contribution in [3.05, 3.63) is 0 Å². The Morgan fingerprint density at radius 1 is 1.65 bits per heavy atom. The molecule has 1 heterocycles. The number of nitrogens with one attached hydrogen (secondary N) is 1. The average molecular weight is 238 g/mol. The standard InChI is InChI=1S/C12H18N2O3/c1-3-6-13-12(17)9(2)14-7-4-5-10(14)8-11(15)16/h1,9-10H,4-8H2,2H3,(H,13,17)(H,15,16). The van der Waals surface area contributed by atoms with E-state index >= 15 is 0 Å². The van der Waals surface area contributed by atoms with Gasteiger partial charge >= 0.3 is 5.97 Å². The van der Waals surface area contributed by atoms with E-state index in [-0.39, 0.29) is 31.0 Å². The first-order valence-electron chi connectivity index (χ1n) is 5.75. The summed E-state index contributed by atoms with van der Waals surface area (Å²) < 4.78 is 0. The third kappa shape index (κ3) is 3.75. The van der Waals surface area contributed by atoms with Crippen molar-refractivity contribution in [2.24, 2.45) is 0 Å². The molecule has 1 aliphatic heterocycles. The summed E-state index contributed by atoms with van der Waals surface area (Å²) >= 11 is 0. The molecule has 94 valence electrons. The largest absolute Gasteiger partial charge is 0.481 e. The van der Waals surface area contributed by atoms with E-state index in [2.05, 4.69) is 11.2 Å². The number of hydrogen-bond acceptors (Lipinski definition) is 3. The summed E-state index contributed by atoms with van der Waals surface area (Å²) in [4.78, 5) is 24.4. The Morgan fingerprint density at radius 2 is 2.35 bits per heavy atom. The van der Waals surface area contributed by atoms with Gasteiger partial charge in [0.15, 0.2) is 0 Å². The number of carboxylic acids is 1. The lowest BCUT2D eigenvalue weighted by Crippen LogP contribution is -2.47. The third-order valence-electron chi connectivity index (χ3n) is 3.07. The maximum absolute atomic E-state index is 11.7. The van der Waals surface area contributed by atoms with Gasteiger partial charge < -0.3 is 10.4 Å². The molecule has 0 radical (unpaired) electrons. The van der Waals surface area contributed by atoms with Crippen LogP contribution in [-0.4, -0.2) is 47.1 Å². The van der Waals surface area contributed by atoms with Crippen LogP contribution in [0, 0.1) is 12.3 Å². The Kier molecular flexibility index (Phi) is 4.98. The number of amides is 1. The van der Waals surface area contributed by atoms with Crippen molar-refractivity contribution in [3.8, 4) is 12.3 Å². The van der Waals surface area contributed by atoms with Gasteiger partial charge in [-0.2, -0.15) is 0 Å². The molecule has 1 aliphatic rings. The normalized spacial score (nSPS) is 21.8. The lowest BCUT2D eigenvalue weighted by atomic mass is 10.1. The summed E-state index contributed by atoms with van der Waals surface area (Å²) in [5, 5.41) is 11.4. The van der Waals surface area contributed by atoms with Gasteiger partial charge in [-0.3, -0.25) is 14.5 Å². The molecule has 1 saturated heterocycles. The highest BCUT2D eigenvalue weighted by molar-refractivity contribution is 5.81. The van der Waals surface area contributed by atoms with Crippen LogP contribution in [0.4, 0.5) is 0 Å². The third-order valence-corrected chi connectivity index (χ3v) is 3.07. The van der Waals surface area contributed by atoms with Crippen LogP contribution >= 0.6 is 0 Å². The van der Waals surface area contributed by atoms with Crippen molar-refractivity contribution in [2.75, 3.05) is 13.1 Å². The minimum Gasteiger partial charge on any atom is -0.481 e. The van der Waals surface area contributed by atoms with Crippen molar-refractivity contribution in [1.82, 2.24) is 10.2 Å². The molecule has 1 rings (SSSR count). The molecule has 0 aromatic heterocycles. The minimum atomic E-state index is -0.821. The van der Waals surface area contributed by atoms with Crippen LogP contribution in [0.25, 0.3) is 0 Å². The first-order valence-corrected chi connectivity index (χ1v) is 5.75. The van der Waals surface area contributed by atoms with Crippen molar-refractivity contribution >= 4 is 11.9 Å². The zero-order valence-electron chi connectivity index (χ0n) is 9.98. The summed E-state index contributed by atoms with van der Waals surface area (Å²) in [5.41, 5.74) is 0. The van der Waals surface area contributed by atoms with E-state index in [9.17, 15) is 9.59 Å². The van der Waals surface area contributed by atoms with Crippen LogP contribution in [0.2, 0.25) is 0 Å². The molecule has 5 heteroatoms. The highest BCUT2D eigenvalue weighted by Gasteiger charge is 2.32. The van der Waals surface area contributed by atoms with Crippen LogP contribution in [0.15, 0.2) is 0 Å². The number of carboxylic acid groups (broad SMARTS) is 1. The van der Waals surface area contributed by atoms with Crippen molar-refractivity contribution in [1.29, 1.82) is 0 Å². The topological polar surface area (TPSA) is 69.6 Å². The summed E-state index contributed by atoms with van der Waals surface area (Å²) in [6, 6.07) is -0.366. The number of carbonyl (C=O) groups excluding carboxylic acids is 1. The number of nitrogens with zero attached hydrogens (tertiary/aromatic N) is 1. The van der Waals surface area contributed by atoms with Gasteiger partial charge in [-0.15, -0.1) is 6.42 Å². The Bertz CT molecular complexity index is 335. The molecule has 17 heavy (non-hydrogen) atoms. The minimum absolute atomic E-state index is 0.0425. The molecule has 1 amide bonds.